The Labute approximate surface area is 186 Å². The highest BCUT2D eigenvalue weighted by Gasteiger charge is 2.50. The van der Waals surface area contributed by atoms with Crippen LogP contribution in [-0.2, 0) is 35.3 Å². The number of imide groups is 2. The number of fused-ring (bicyclic) bond motifs is 2. The Bertz CT molecular complexity index is 1140. The van der Waals surface area contributed by atoms with Crippen molar-refractivity contribution in [3.63, 3.8) is 0 Å². The quantitative estimate of drug-likeness (QED) is 0.425. The van der Waals surface area contributed by atoms with Gasteiger partial charge in [0.05, 0.1) is 0 Å². The van der Waals surface area contributed by atoms with Crippen molar-refractivity contribution in [1.82, 2.24) is 21.3 Å². The number of amides is 6. The van der Waals surface area contributed by atoms with Crippen LogP contribution < -0.4 is 21.3 Å². The minimum Gasteiger partial charge on any atom is -0.323 e. The number of benzene rings is 2. The van der Waals surface area contributed by atoms with Crippen molar-refractivity contribution in [2.24, 2.45) is 0 Å². The predicted octanol–water partition coefficient (Wildman–Crippen LogP) is 1.49. The van der Waals surface area contributed by atoms with Crippen molar-refractivity contribution in [3.8, 4) is 0 Å². The molecule has 0 radical (unpaired) electrons. The third-order valence-electron chi connectivity index (χ3n) is 6.28. The topological polar surface area (TPSA) is 116 Å². The van der Waals surface area contributed by atoms with E-state index >= 15 is 0 Å². The molecule has 9 heteroatoms. The van der Waals surface area contributed by atoms with Crippen molar-refractivity contribution < 1.29 is 19.2 Å². The second-order valence-electron chi connectivity index (χ2n) is 8.37. The highest BCUT2D eigenvalue weighted by molar-refractivity contribution is 9.10. The second-order valence-corrected chi connectivity index (χ2v) is 9.29. The molecule has 158 valence electrons. The lowest BCUT2D eigenvalue weighted by Crippen LogP contribution is -2.47. The number of nitrogens with one attached hydrogen (secondary N) is 4. The first-order valence-electron chi connectivity index (χ1n) is 9.90. The molecule has 2 aromatic rings. The van der Waals surface area contributed by atoms with Crippen LogP contribution in [0.25, 0.3) is 0 Å². The molecule has 0 aromatic heterocycles. The van der Waals surface area contributed by atoms with Crippen LogP contribution in [0.1, 0.15) is 22.3 Å². The summed E-state index contributed by atoms with van der Waals surface area (Å²) < 4.78 is 0.994. The van der Waals surface area contributed by atoms with E-state index in [1.807, 2.05) is 42.5 Å². The van der Waals surface area contributed by atoms with Gasteiger partial charge >= 0.3 is 12.1 Å². The zero-order chi connectivity index (χ0) is 21.8. The van der Waals surface area contributed by atoms with Crippen LogP contribution in [0.5, 0.6) is 0 Å². The average molecular weight is 483 g/mol. The molecular formula is C22H19BrN4O4. The summed E-state index contributed by atoms with van der Waals surface area (Å²) in [6.45, 7) is 0. The largest absolute Gasteiger partial charge is 0.323 e. The van der Waals surface area contributed by atoms with Crippen molar-refractivity contribution >= 4 is 39.8 Å². The Morgan fingerprint density at radius 1 is 0.645 bits per heavy atom. The smallest absolute Gasteiger partial charge is 0.322 e. The van der Waals surface area contributed by atoms with Gasteiger partial charge in [0.2, 0.25) is 0 Å². The van der Waals surface area contributed by atoms with Crippen LogP contribution in [0.3, 0.4) is 0 Å². The van der Waals surface area contributed by atoms with Gasteiger partial charge in [-0.3, -0.25) is 20.2 Å². The van der Waals surface area contributed by atoms with Gasteiger partial charge in [0.15, 0.2) is 0 Å². The standard InChI is InChI=1S/C11H9BrN2O2.C11H10N2O2/c12-8-2-1-6-4-11(5-7(6)3-8)9(15)13-10(16)14-11;14-9-11(13-10(15)12-9)5-7-3-1-2-4-8(7)6-11/h1-3H,4-5H2,(H2,13,14,15,16);1-4H,5-6H2,(H2,12,13,14,15). The van der Waals surface area contributed by atoms with E-state index in [2.05, 4.69) is 37.2 Å². The molecule has 2 fully saturated rings. The summed E-state index contributed by atoms with van der Waals surface area (Å²) in [6, 6.07) is 13.1. The van der Waals surface area contributed by atoms with Crippen LogP contribution in [-0.4, -0.2) is 35.0 Å². The summed E-state index contributed by atoms with van der Waals surface area (Å²) in [5.41, 5.74) is 3.07. The van der Waals surface area contributed by atoms with E-state index in [1.165, 1.54) is 0 Å². The number of rotatable bonds is 0. The number of halogens is 1. The van der Waals surface area contributed by atoms with Gasteiger partial charge in [-0.1, -0.05) is 46.3 Å². The molecule has 6 amide bonds. The van der Waals surface area contributed by atoms with E-state index < -0.39 is 17.1 Å². The summed E-state index contributed by atoms with van der Waals surface area (Å²) in [5, 5.41) is 10.1. The van der Waals surface area contributed by atoms with Crippen LogP contribution in [0.2, 0.25) is 0 Å². The van der Waals surface area contributed by atoms with E-state index in [0.717, 1.165) is 26.7 Å². The predicted molar refractivity (Wildman–Crippen MR) is 114 cm³/mol. The number of hydrogen-bond donors (Lipinski definition) is 4. The Kier molecular flexibility index (Phi) is 4.40. The van der Waals surface area contributed by atoms with Gasteiger partial charge in [0.1, 0.15) is 11.1 Å². The van der Waals surface area contributed by atoms with Crippen molar-refractivity contribution in [2.75, 3.05) is 0 Å². The van der Waals surface area contributed by atoms with Gasteiger partial charge in [-0.25, -0.2) is 9.59 Å². The van der Waals surface area contributed by atoms with Crippen LogP contribution in [0.15, 0.2) is 46.9 Å². The van der Waals surface area contributed by atoms with E-state index in [0.29, 0.717) is 25.7 Å². The lowest BCUT2D eigenvalue weighted by atomic mass is 9.96. The number of carbonyl (C=O) groups is 4. The summed E-state index contributed by atoms with van der Waals surface area (Å²) in [6.07, 6.45) is 2.34. The molecule has 2 aromatic carbocycles. The van der Waals surface area contributed by atoms with Crippen molar-refractivity contribution in [2.45, 2.75) is 36.8 Å². The van der Waals surface area contributed by atoms with Crippen LogP contribution >= 0.6 is 15.9 Å². The van der Waals surface area contributed by atoms with Crippen molar-refractivity contribution in [1.29, 1.82) is 0 Å². The fraction of sp³-hybridized carbons (Fsp3) is 0.273. The molecule has 4 aliphatic rings. The van der Waals surface area contributed by atoms with E-state index in [1.54, 1.807) is 0 Å². The molecule has 1 unspecified atom stereocenters. The highest BCUT2D eigenvalue weighted by atomic mass is 79.9. The fourth-order valence-corrected chi connectivity index (χ4v) is 5.22. The monoisotopic (exact) mass is 482 g/mol. The second kappa shape index (κ2) is 6.91. The molecule has 0 bridgehead atoms. The Balaban J connectivity index is 0.000000132. The lowest BCUT2D eigenvalue weighted by Gasteiger charge is -2.18. The molecule has 6 rings (SSSR count). The molecule has 2 saturated heterocycles. The molecule has 2 spiro atoms. The van der Waals surface area contributed by atoms with Gasteiger partial charge in [-0.05, 0) is 34.4 Å². The first-order valence-corrected chi connectivity index (χ1v) is 10.7. The molecule has 4 N–H and O–H groups in total. The first-order chi connectivity index (χ1) is 14.8. The molecular weight excluding hydrogens is 464 g/mol. The average Bonchev–Trinajstić information content (AvgIpc) is 3.40. The van der Waals surface area contributed by atoms with Gasteiger partial charge in [-0.2, -0.15) is 0 Å². The van der Waals surface area contributed by atoms with E-state index in [4.69, 9.17) is 0 Å². The summed E-state index contributed by atoms with van der Waals surface area (Å²) in [7, 11) is 0. The summed E-state index contributed by atoms with van der Waals surface area (Å²) in [4.78, 5) is 45.7. The van der Waals surface area contributed by atoms with Crippen LogP contribution in [0.4, 0.5) is 9.59 Å². The normalized spacial score (nSPS) is 24.2. The Hall–Kier alpha value is -3.20. The molecule has 0 saturated carbocycles. The van der Waals surface area contributed by atoms with Gasteiger partial charge < -0.3 is 10.6 Å². The Morgan fingerprint density at radius 3 is 1.55 bits per heavy atom. The first kappa shape index (κ1) is 19.7. The van der Waals surface area contributed by atoms with E-state index in [-0.39, 0.29) is 17.8 Å². The maximum atomic E-state index is 11.8. The zero-order valence-electron chi connectivity index (χ0n) is 16.4. The maximum Gasteiger partial charge on any atom is 0.322 e. The number of carbonyl (C=O) groups excluding carboxylic acids is 4. The highest BCUT2D eigenvalue weighted by Crippen LogP contribution is 2.34. The lowest BCUT2D eigenvalue weighted by molar-refractivity contribution is -0.124. The third kappa shape index (κ3) is 3.29. The van der Waals surface area contributed by atoms with E-state index in [9.17, 15) is 19.2 Å². The molecule has 2 heterocycles. The minimum atomic E-state index is -0.750. The van der Waals surface area contributed by atoms with Crippen molar-refractivity contribution in [3.05, 3.63) is 69.2 Å². The van der Waals surface area contributed by atoms with Gasteiger partial charge in [0.25, 0.3) is 11.8 Å². The minimum absolute atomic E-state index is 0.205. The SMILES string of the molecule is O=C1NC(=O)C2(Cc3ccc(Br)cc3C2)N1.O=C1NC(=O)C2(Cc3ccccc3C2)N1. The maximum absolute atomic E-state index is 11.8. The number of urea groups is 2. The number of hydrogen-bond acceptors (Lipinski definition) is 4. The molecule has 2 aliphatic carbocycles. The van der Waals surface area contributed by atoms with Gasteiger partial charge in [-0.15, -0.1) is 0 Å². The molecule has 2 aliphatic heterocycles. The van der Waals surface area contributed by atoms with Gasteiger partial charge in [0, 0.05) is 30.2 Å². The molecule has 31 heavy (non-hydrogen) atoms. The Morgan fingerprint density at radius 2 is 1.10 bits per heavy atom. The van der Waals surface area contributed by atoms with Crippen LogP contribution in [0, 0.1) is 0 Å². The molecule has 8 nitrogen and oxygen atoms in total. The summed E-state index contributed by atoms with van der Waals surface area (Å²) in [5.74, 6) is -0.423. The molecule has 1 atom stereocenters. The summed E-state index contributed by atoms with van der Waals surface area (Å²) >= 11 is 3.40. The zero-order valence-corrected chi connectivity index (χ0v) is 18.0. The fourth-order valence-electron chi connectivity index (χ4n) is 4.81. The third-order valence-corrected chi connectivity index (χ3v) is 6.78.